The summed E-state index contributed by atoms with van der Waals surface area (Å²) in [6, 6.07) is 10.7. The summed E-state index contributed by atoms with van der Waals surface area (Å²) in [7, 11) is 0. The summed E-state index contributed by atoms with van der Waals surface area (Å²) in [6.07, 6.45) is 6.55. The fourth-order valence-corrected chi connectivity index (χ4v) is 3.71. The molecule has 3 heterocycles. The number of fused-ring (bicyclic) bond motifs is 1. The number of carbonyl (C=O) groups excluding carboxylic acids is 1. The minimum Gasteiger partial charge on any atom is -0.444 e. The molecule has 0 fully saturated rings. The molecule has 5 nitrogen and oxygen atoms in total. The molecule has 0 bridgehead atoms. The van der Waals surface area contributed by atoms with Crippen molar-refractivity contribution in [3.05, 3.63) is 59.9 Å². The average Bonchev–Trinajstić information content (AvgIpc) is 3.14. The second-order valence-electron chi connectivity index (χ2n) is 8.57. The quantitative estimate of drug-likeness (QED) is 0.624. The van der Waals surface area contributed by atoms with Crippen LogP contribution < -0.4 is 0 Å². The molecule has 0 unspecified atom stereocenters. The number of ether oxygens (including phenoxy) is 1. The molecule has 3 aromatic rings. The van der Waals surface area contributed by atoms with Crippen LogP contribution >= 0.6 is 0 Å². The van der Waals surface area contributed by atoms with Crippen LogP contribution in [0.5, 0.6) is 0 Å². The van der Waals surface area contributed by atoms with Crippen LogP contribution in [0, 0.1) is 6.92 Å². The molecule has 0 saturated carbocycles. The lowest BCUT2D eigenvalue weighted by atomic mass is 9.93. The van der Waals surface area contributed by atoms with Crippen molar-refractivity contribution in [3.63, 3.8) is 0 Å². The summed E-state index contributed by atoms with van der Waals surface area (Å²) in [5, 5.41) is 1.11. The number of carbonyl (C=O) groups is 1. The number of pyridine rings is 1. The molecule has 1 aromatic carbocycles. The Balaban J connectivity index is 1.52. The third-order valence-corrected chi connectivity index (χ3v) is 5.17. The van der Waals surface area contributed by atoms with Gasteiger partial charge in [0.1, 0.15) is 11.2 Å². The predicted molar refractivity (Wildman–Crippen MR) is 117 cm³/mol. The Morgan fingerprint density at radius 1 is 1.17 bits per heavy atom. The van der Waals surface area contributed by atoms with E-state index >= 15 is 0 Å². The number of nitrogens with one attached hydrogen (secondary N) is 1. The maximum absolute atomic E-state index is 12.3. The van der Waals surface area contributed by atoms with Crippen LogP contribution in [0.4, 0.5) is 4.79 Å². The summed E-state index contributed by atoms with van der Waals surface area (Å²) in [6.45, 7) is 9.08. The molecule has 4 rings (SSSR count). The van der Waals surface area contributed by atoms with Gasteiger partial charge in [-0.25, -0.2) is 9.78 Å². The van der Waals surface area contributed by atoms with Gasteiger partial charge in [0.25, 0.3) is 0 Å². The number of amides is 1. The van der Waals surface area contributed by atoms with Crippen molar-refractivity contribution >= 4 is 22.7 Å². The molecule has 0 spiro atoms. The molecule has 1 aliphatic heterocycles. The van der Waals surface area contributed by atoms with Crippen molar-refractivity contribution in [2.75, 3.05) is 13.1 Å². The van der Waals surface area contributed by atoms with Crippen LogP contribution in [0.1, 0.15) is 38.3 Å². The zero-order valence-electron chi connectivity index (χ0n) is 17.5. The maximum Gasteiger partial charge on any atom is 0.410 e. The monoisotopic (exact) mass is 389 g/mol. The van der Waals surface area contributed by atoms with Crippen LogP contribution in [0.3, 0.4) is 0 Å². The van der Waals surface area contributed by atoms with Gasteiger partial charge in [-0.3, -0.25) is 0 Å². The number of aromatic nitrogens is 2. The molecule has 1 amide bonds. The van der Waals surface area contributed by atoms with E-state index in [0.29, 0.717) is 13.1 Å². The van der Waals surface area contributed by atoms with E-state index in [2.05, 4.69) is 47.2 Å². The highest BCUT2D eigenvalue weighted by Crippen LogP contribution is 2.30. The number of nitrogens with zero attached hydrogens (tertiary/aromatic N) is 2. The van der Waals surface area contributed by atoms with Crippen LogP contribution in [0.25, 0.3) is 27.7 Å². The van der Waals surface area contributed by atoms with Gasteiger partial charge < -0.3 is 14.6 Å². The Bertz CT molecular complexity index is 1090. The lowest BCUT2D eigenvalue weighted by Gasteiger charge is -2.30. The lowest BCUT2D eigenvalue weighted by Crippen LogP contribution is -2.39. The standard InChI is InChI=1S/C24H27N3O2/c1-16-13-18(20-14-19-7-10-25-22(19)26-15-20)5-6-21(16)17-8-11-27(12-9-17)23(28)29-24(2,3)4/h5-8,10,13-15H,9,11-12H2,1-4H3,(H,25,26). The van der Waals surface area contributed by atoms with E-state index < -0.39 is 5.60 Å². The Hall–Kier alpha value is -3.08. The Labute approximate surface area is 171 Å². The molecular formula is C24H27N3O2. The van der Waals surface area contributed by atoms with Gasteiger partial charge in [-0.2, -0.15) is 0 Å². The van der Waals surface area contributed by atoms with Gasteiger partial charge in [-0.15, -0.1) is 0 Å². The van der Waals surface area contributed by atoms with Gasteiger partial charge in [0.05, 0.1) is 0 Å². The van der Waals surface area contributed by atoms with Crippen LogP contribution in [0.15, 0.2) is 48.8 Å². The van der Waals surface area contributed by atoms with Crippen molar-refractivity contribution in [2.24, 2.45) is 0 Å². The van der Waals surface area contributed by atoms with Crippen LogP contribution in [-0.4, -0.2) is 39.7 Å². The van der Waals surface area contributed by atoms with E-state index in [-0.39, 0.29) is 6.09 Å². The van der Waals surface area contributed by atoms with Gasteiger partial charge in [-0.1, -0.05) is 24.3 Å². The highest BCUT2D eigenvalue weighted by atomic mass is 16.6. The molecule has 0 radical (unpaired) electrons. The van der Waals surface area contributed by atoms with Gasteiger partial charge in [0.2, 0.25) is 0 Å². The Kier molecular flexibility index (Phi) is 4.91. The molecule has 0 saturated heterocycles. The first-order valence-corrected chi connectivity index (χ1v) is 10.0. The van der Waals surface area contributed by atoms with Crippen LogP contribution in [-0.2, 0) is 4.74 Å². The molecule has 0 atom stereocenters. The third kappa shape index (κ3) is 4.19. The number of hydrogen-bond acceptors (Lipinski definition) is 3. The molecule has 5 heteroatoms. The normalized spacial score (nSPS) is 14.8. The first-order chi connectivity index (χ1) is 13.8. The van der Waals surface area contributed by atoms with Crippen LogP contribution in [0.2, 0.25) is 0 Å². The van der Waals surface area contributed by atoms with E-state index in [9.17, 15) is 4.79 Å². The Morgan fingerprint density at radius 2 is 2.00 bits per heavy atom. The minimum absolute atomic E-state index is 0.243. The number of aryl methyl sites for hydroxylation is 1. The topological polar surface area (TPSA) is 58.2 Å². The molecule has 29 heavy (non-hydrogen) atoms. The lowest BCUT2D eigenvalue weighted by molar-refractivity contribution is 0.0270. The number of hydrogen-bond donors (Lipinski definition) is 1. The van der Waals surface area contributed by atoms with E-state index in [1.165, 1.54) is 16.7 Å². The van der Waals surface area contributed by atoms with Gasteiger partial charge in [-0.05, 0) is 68.5 Å². The second kappa shape index (κ2) is 7.39. The van der Waals surface area contributed by atoms with Crippen molar-refractivity contribution < 1.29 is 9.53 Å². The molecule has 150 valence electrons. The van der Waals surface area contributed by atoms with E-state index in [0.717, 1.165) is 28.6 Å². The summed E-state index contributed by atoms with van der Waals surface area (Å²) >= 11 is 0. The molecular weight excluding hydrogens is 362 g/mol. The maximum atomic E-state index is 12.3. The molecule has 1 N–H and O–H groups in total. The second-order valence-corrected chi connectivity index (χ2v) is 8.57. The summed E-state index contributed by atoms with van der Waals surface area (Å²) in [5.74, 6) is 0. The Morgan fingerprint density at radius 3 is 2.69 bits per heavy atom. The van der Waals surface area contributed by atoms with E-state index in [1.807, 2.05) is 39.2 Å². The summed E-state index contributed by atoms with van der Waals surface area (Å²) < 4.78 is 5.48. The third-order valence-electron chi connectivity index (χ3n) is 5.17. The van der Waals surface area contributed by atoms with E-state index in [1.54, 1.807) is 4.90 Å². The van der Waals surface area contributed by atoms with E-state index in [4.69, 9.17) is 4.74 Å². The smallest absolute Gasteiger partial charge is 0.410 e. The first-order valence-electron chi connectivity index (χ1n) is 10.0. The minimum atomic E-state index is -0.467. The largest absolute Gasteiger partial charge is 0.444 e. The number of aromatic amines is 1. The molecule has 1 aliphatic rings. The number of rotatable bonds is 2. The summed E-state index contributed by atoms with van der Waals surface area (Å²) in [4.78, 5) is 21.6. The van der Waals surface area contributed by atoms with Gasteiger partial charge in [0, 0.05) is 36.4 Å². The SMILES string of the molecule is Cc1cc(-c2cnc3[nH]ccc3c2)ccc1C1=CCN(C(=O)OC(C)(C)C)CC1. The van der Waals surface area contributed by atoms with Crippen molar-refractivity contribution in [3.8, 4) is 11.1 Å². The molecule has 2 aromatic heterocycles. The molecule has 0 aliphatic carbocycles. The predicted octanol–water partition coefficient (Wildman–Crippen LogP) is 5.56. The fourth-order valence-electron chi connectivity index (χ4n) is 3.71. The number of H-pyrrole nitrogens is 1. The highest BCUT2D eigenvalue weighted by Gasteiger charge is 2.24. The average molecular weight is 389 g/mol. The van der Waals surface area contributed by atoms with Crippen molar-refractivity contribution in [1.82, 2.24) is 14.9 Å². The fraction of sp³-hybridized carbons (Fsp3) is 0.333. The first kappa shape index (κ1) is 19.2. The number of benzene rings is 1. The zero-order chi connectivity index (χ0) is 20.6. The summed E-state index contributed by atoms with van der Waals surface area (Å²) in [5.41, 5.74) is 6.47. The highest BCUT2D eigenvalue weighted by molar-refractivity contribution is 5.82. The van der Waals surface area contributed by atoms with Crippen molar-refractivity contribution in [2.45, 2.75) is 39.7 Å². The van der Waals surface area contributed by atoms with Gasteiger partial charge >= 0.3 is 6.09 Å². The zero-order valence-corrected chi connectivity index (χ0v) is 17.5. The van der Waals surface area contributed by atoms with Gasteiger partial charge in [0.15, 0.2) is 0 Å². The van der Waals surface area contributed by atoms with Crippen molar-refractivity contribution in [1.29, 1.82) is 0 Å².